The SMILES string of the molecule is COc1cc(F)cc(C#Cc2ccccc2)c1. The lowest BCUT2D eigenvalue weighted by Gasteiger charge is -1.99. The molecule has 2 heteroatoms. The fraction of sp³-hybridized carbons (Fsp3) is 0.0667. The highest BCUT2D eigenvalue weighted by Crippen LogP contribution is 2.15. The van der Waals surface area contributed by atoms with Gasteiger partial charge in [0.05, 0.1) is 7.11 Å². The van der Waals surface area contributed by atoms with Gasteiger partial charge in [-0.2, -0.15) is 0 Å². The fourth-order valence-electron chi connectivity index (χ4n) is 1.42. The summed E-state index contributed by atoms with van der Waals surface area (Å²) in [5, 5.41) is 0. The Kier molecular flexibility index (Phi) is 3.42. The predicted octanol–water partition coefficient (Wildman–Crippen LogP) is 3.23. The second-order valence-corrected chi connectivity index (χ2v) is 3.50. The minimum absolute atomic E-state index is 0.346. The molecule has 0 bridgehead atoms. The first-order valence-corrected chi connectivity index (χ1v) is 5.19. The van der Waals surface area contributed by atoms with Gasteiger partial charge in [0.25, 0.3) is 0 Å². The van der Waals surface area contributed by atoms with Crippen molar-refractivity contribution in [2.24, 2.45) is 0 Å². The summed E-state index contributed by atoms with van der Waals surface area (Å²) < 4.78 is 18.2. The lowest BCUT2D eigenvalue weighted by molar-refractivity contribution is 0.411. The summed E-state index contributed by atoms with van der Waals surface area (Å²) >= 11 is 0. The molecule has 0 N–H and O–H groups in total. The van der Waals surface area contributed by atoms with Crippen molar-refractivity contribution in [3.63, 3.8) is 0 Å². The molecular weight excluding hydrogens is 215 g/mol. The molecule has 0 saturated carbocycles. The molecule has 17 heavy (non-hydrogen) atoms. The highest BCUT2D eigenvalue weighted by Gasteiger charge is 1.98. The number of methoxy groups -OCH3 is 1. The molecule has 0 amide bonds. The minimum Gasteiger partial charge on any atom is -0.497 e. The van der Waals surface area contributed by atoms with E-state index in [4.69, 9.17) is 4.74 Å². The van der Waals surface area contributed by atoms with Gasteiger partial charge < -0.3 is 4.74 Å². The van der Waals surface area contributed by atoms with Crippen LogP contribution in [0.2, 0.25) is 0 Å². The number of hydrogen-bond donors (Lipinski definition) is 0. The first-order chi connectivity index (χ1) is 8.28. The van der Waals surface area contributed by atoms with Crippen LogP contribution in [-0.2, 0) is 0 Å². The average molecular weight is 226 g/mol. The van der Waals surface area contributed by atoms with Crippen LogP contribution in [0.3, 0.4) is 0 Å². The third-order valence-corrected chi connectivity index (χ3v) is 2.23. The first-order valence-electron chi connectivity index (χ1n) is 5.19. The third-order valence-electron chi connectivity index (χ3n) is 2.23. The standard InChI is InChI=1S/C15H11FO/c1-17-15-10-13(9-14(16)11-15)8-7-12-5-3-2-4-6-12/h2-6,9-11H,1H3. The van der Waals surface area contributed by atoms with Gasteiger partial charge in [-0.25, -0.2) is 4.39 Å². The zero-order valence-corrected chi connectivity index (χ0v) is 9.41. The van der Waals surface area contributed by atoms with Crippen molar-refractivity contribution >= 4 is 0 Å². The van der Waals surface area contributed by atoms with Crippen molar-refractivity contribution in [3.05, 3.63) is 65.5 Å². The van der Waals surface area contributed by atoms with E-state index in [-0.39, 0.29) is 5.82 Å². The first kappa shape index (κ1) is 11.2. The second-order valence-electron chi connectivity index (χ2n) is 3.50. The van der Waals surface area contributed by atoms with Gasteiger partial charge in [0.15, 0.2) is 0 Å². The van der Waals surface area contributed by atoms with Crippen LogP contribution >= 0.6 is 0 Å². The van der Waals surface area contributed by atoms with Crippen molar-refractivity contribution in [3.8, 4) is 17.6 Å². The molecule has 0 atom stereocenters. The smallest absolute Gasteiger partial charge is 0.128 e. The van der Waals surface area contributed by atoms with Gasteiger partial charge in [-0.05, 0) is 24.3 Å². The maximum atomic E-state index is 13.2. The molecule has 0 aliphatic carbocycles. The van der Waals surface area contributed by atoms with Gasteiger partial charge in [-0.15, -0.1) is 0 Å². The molecule has 0 radical (unpaired) electrons. The van der Waals surface area contributed by atoms with Crippen molar-refractivity contribution in [2.45, 2.75) is 0 Å². The Bertz CT molecular complexity index is 564. The molecule has 84 valence electrons. The summed E-state index contributed by atoms with van der Waals surface area (Å²) in [6.07, 6.45) is 0. The highest BCUT2D eigenvalue weighted by atomic mass is 19.1. The van der Waals surface area contributed by atoms with Gasteiger partial charge in [0, 0.05) is 17.2 Å². The summed E-state index contributed by atoms with van der Waals surface area (Å²) in [6, 6.07) is 14.0. The summed E-state index contributed by atoms with van der Waals surface area (Å²) in [6.45, 7) is 0. The molecule has 0 unspecified atom stereocenters. The number of benzene rings is 2. The number of ether oxygens (including phenoxy) is 1. The van der Waals surface area contributed by atoms with E-state index in [1.54, 1.807) is 6.07 Å². The lowest BCUT2D eigenvalue weighted by Crippen LogP contribution is -1.86. The Balaban J connectivity index is 2.31. The van der Waals surface area contributed by atoms with Crippen LogP contribution in [0.4, 0.5) is 4.39 Å². The van der Waals surface area contributed by atoms with E-state index in [0.29, 0.717) is 11.3 Å². The van der Waals surface area contributed by atoms with Crippen LogP contribution < -0.4 is 4.74 Å². The summed E-state index contributed by atoms with van der Waals surface area (Å²) in [5.74, 6) is 6.00. The lowest BCUT2D eigenvalue weighted by atomic mass is 10.2. The zero-order valence-electron chi connectivity index (χ0n) is 9.41. The number of rotatable bonds is 1. The Morgan fingerprint density at radius 1 is 0.941 bits per heavy atom. The van der Waals surface area contributed by atoms with Crippen LogP contribution in [0.1, 0.15) is 11.1 Å². The topological polar surface area (TPSA) is 9.23 Å². The highest BCUT2D eigenvalue weighted by molar-refractivity contribution is 5.45. The molecular formula is C15H11FO. The number of hydrogen-bond acceptors (Lipinski definition) is 1. The van der Waals surface area contributed by atoms with Crippen LogP contribution in [0, 0.1) is 17.7 Å². The Hall–Kier alpha value is -2.27. The van der Waals surface area contributed by atoms with Crippen LogP contribution in [-0.4, -0.2) is 7.11 Å². The van der Waals surface area contributed by atoms with Crippen molar-refractivity contribution < 1.29 is 9.13 Å². The molecule has 0 aliphatic heterocycles. The summed E-state index contributed by atoms with van der Waals surface area (Å²) in [5.41, 5.74) is 1.50. The quantitative estimate of drug-likeness (QED) is 0.678. The van der Waals surface area contributed by atoms with Crippen LogP contribution in [0.15, 0.2) is 48.5 Å². The van der Waals surface area contributed by atoms with E-state index in [9.17, 15) is 4.39 Å². The molecule has 0 aliphatic rings. The largest absolute Gasteiger partial charge is 0.497 e. The van der Waals surface area contributed by atoms with E-state index in [0.717, 1.165) is 5.56 Å². The van der Waals surface area contributed by atoms with Crippen molar-refractivity contribution in [1.29, 1.82) is 0 Å². The van der Waals surface area contributed by atoms with Gasteiger partial charge in [0.2, 0.25) is 0 Å². The van der Waals surface area contributed by atoms with E-state index in [1.807, 2.05) is 30.3 Å². The maximum Gasteiger partial charge on any atom is 0.128 e. The van der Waals surface area contributed by atoms with E-state index in [1.165, 1.54) is 19.2 Å². The van der Waals surface area contributed by atoms with E-state index < -0.39 is 0 Å². The minimum atomic E-state index is -0.346. The van der Waals surface area contributed by atoms with Gasteiger partial charge in [-0.1, -0.05) is 30.0 Å². The molecule has 2 rings (SSSR count). The normalized spacial score (nSPS) is 9.29. The molecule has 0 fully saturated rings. The molecule has 0 aromatic heterocycles. The molecule has 0 heterocycles. The van der Waals surface area contributed by atoms with Gasteiger partial charge in [0.1, 0.15) is 11.6 Å². The molecule has 0 spiro atoms. The molecule has 2 aromatic rings. The predicted molar refractivity (Wildman–Crippen MR) is 65.4 cm³/mol. The zero-order chi connectivity index (χ0) is 12.1. The van der Waals surface area contributed by atoms with E-state index in [2.05, 4.69) is 11.8 Å². The molecule has 1 nitrogen and oxygen atoms in total. The maximum absolute atomic E-state index is 13.2. The summed E-state index contributed by atoms with van der Waals surface area (Å²) in [4.78, 5) is 0. The van der Waals surface area contributed by atoms with E-state index >= 15 is 0 Å². The second kappa shape index (κ2) is 5.18. The van der Waals surface area contributed by atoms with Gasteiger partial charge in [-0.3, -0.25) is 0 Å². The Morgan fingerprint density at radius 2 is 1.65 bits per heavy atom. The molecule has 2 aromatic carbocycles. The van der Waals surface area contributed by atoms with Crippen molar-refractivity contribution in [2.75, 3.05) is 7.11 Å². The van der Waals surface area contributed by atoms with Crippen LogP contribution in [0.5, 0.6) is 5.75 Å². The fourth-order valence-corrected chi connectivity index (χ4v) is 1.42. The van der Waals surface area contributed by atoms with Crippen molar-refractivity contribution in [1.82, 2.24) is 0 Å². The molecule has 0 saturated heterocycles. The number of halogens is 1. The van der Waals surface area contributed by atoms with Gasteiger partial charge >= 0.3 is 0 Å². The third kappa shape index (κ3) is 3.09. The Labute approximate surface area is 99.9 Å². The summed E-state index contributed by atoms with van der Waals surface area (Å²) in [7, 11) is 1.50. The Morgan fingerprint density at radius 3 is 2.35 bits per heavy atom. The van der Waals surface area contributed by atoms with Crippen LogP contribution in [0.25, 0.3) is 0 Å². The monoisotopic (exact) mass is 226 g/mol. The average Bonchev–Trinajstić information content (AvgIpc) is 2.37.